The van der Waals surface area contributed by atoms with Crippen LogP contribution in [0.25, 0.3) is 0 Å². The minimum atomic E-state index is -0.456. The molecule has 0 radical (unpaired) electrons. The Hall–Kier alpha value is -1.20. The number of carbonyl (C=O) groups excluding carboxylic acids is 2. The van der Waals surface area contributed by atoms with Crippen LogP contribution in [0, 0.1) is 0 Å². The van der Waals surface area contributed by atoms with Crippen LogP contribution < -0.4 is 4.90 Å². The third kappa shape index (κ3) is 2.12. The number of carbonyl (C=O) groups is 2. The monoisotopic (exact) mass is 297 g/mol. The molecule has 0 N–H and O–H groups in total. The molecule has 1 aromatic carbocycles. The Morgan fingerprint density at radius 1 is 1.35 bits per heavy atom. The van der Waals surface area contributed by atoms with Crippen LogP contribution in [0.3, 0.4) is 0 Å². The molecule has 1 amide bonds. The zero-order valence-corrected chi connectivity index (χ0v) is 11.0. The number of fused-ring (bicyclic) bond motifs is 1. The number of ketones is 1. The van der Waals surface area contributed by atoms with E-state index in [1.54, 1.807) is 19.2 Å². The summed E-state index contributed by atoms with van der Waals surface area (Å²) in [6, 6.07) is 5.37. The van der Waals surface area contributed by atoms with E-state index < -0.39 is 11.7 Å². The zero-order valence-electron chi connectivity index (χ0n) is 9.40. The lowest BCUT2D eigenvalue weighted by molar-refractivity contribution is -0.114. The SMILES string of the molecule is COCCCN1C(=O)C(=O)c2c(Br)cccc21. The molecule has 0 atom stereocenters. The maximum atomic E-state index is 11.8. The van der Waals surface area contributed by atoms with Gasteiger partial charge in [-0.2, -0.15) is 0 Å². The van der Waals surface area contributed by atoms with Gasteiger partial charge in [0.1, 0.15) is 0 Å². The number of hydrogen-bond acceptors (Lipinski definition) is 3. The molecule has 17 heavy (non-hydrogen) atoms. The van der Waals surface area contributed by atoms with Gasteiger partial charge in [0.25, 0.3) is 11.7 Å². The van der Waals surface area contributed by atoms with Crippen molar-refractivity contribution >= 4 is 33.3 Å². The van der Waals surface area contributed by atoms with Gasteiger partial charge < -0.3 is 9.64 Å². The number of rotatable bonds is 4. The number of ether oxygens (including phenoxy) is 1. The summed E-state index contributed by atoms with van der Waals surface area (Å²) in [7, 11) is 1.61. The van der Waals surface area contributed by atoms with Gasteiger partial charge in [0.15, 0.2) is 0 Å². The number of methoxy groups -OCH3 is 1. The van der Waals surface area contributed by atoms with Crippen molar-refractivity contribution < 1.29 is 14.3 Å². The number of Topliss-reactive ketones (excluding diaryl/α,β-unsaturated/α-hetero) is 1. The molecular formula is C12H12BrNO3. The van der Waals surface area contributed by atoms with E-state index in [-0.39, 0.29) is 0 Å². The summed E-state index contributed by atoms with van der Waals surface area (Å²) >= 11 is 3.30. The van der Waals surface area contributed by atoms with E-state index in [0.717, 1.165) is 0 Å². The molecule has 0 spiro atoms. The normalized spacial score (nSPS) is 14.4. The molecule has 0 saturated carbocycles. The summed E-state index contributed by atoms with van der Waals surface area (Å²) in [4.78, 5) is 25.1. The van der Waals surface area contributed by atoms with E-state index in [0.29, 0.717) is 35.3 Å². The van der Waals surface area contributed by atoms with E-state index in [9.17, 15) is 9.59 Å². The Labute approximate surface area is 108 Å². The first-order chi connectivity index (χ1) is 8.16. The van der Waals surface area contributed by atoms with Crippen LogP contribution in [-0.2, 0) is 9.53 Å². The first-order valence-corrected chi connectivity index (χ1v) is 6.09. The lowest BCUT2D eigenvalue weighted by Gasteiger charge is -2.15. The summed E-state index contributed by atoms with van der Waals surface area (Å²) in [5.41, 5.74) is 1.15. The lowest BCUT2D eigenvalue weighted by atomic mass is 10.1. The van der Waals surface area contributed by atoms with Crippen LogP contribution in [0.15, 0.2) is 22.7 Å². The fourth-order valence-electron chi connectivity index (χ4n) is 1.89. The molecule has 5 heteroatoms. The van der Waals surface area contributed by atoms with Crippen molar-refractivity contribution in [1.82, 2.24) is 0 Å². The van der Waals surface area contributed by atoms with Crippen molar-refractivity contribution in [3.63, 3.8) is 0 Å². The molecular weight excluding hydrogens is 286 g/mol. The van der Waals surface area contributed by atoms with E-state index >= 15 is 0 Å². The van der Waals surface area contributed by atoms with Gasteiger partial charge in [-0.15, -0.1) is 0 Å². The highest BCUT2D eigenvalue weighted by Gasteiger charge is 2.36. The van der Waals surface area contributed by atoms with Crippen molar-refractivity contribution in [1.29, 1.82) is 0 Å². The number of halogens is 1. The summed E-state index contributed by atoms with van der Waals surface area (Å²) in [6.45, 7) is 1.07. The highest BCUT2D eigenvalue weighted by molar-refractivity contribution is 9.10. The third-order valence-electron chi connectivity index (χ3n) is 2.68. The third-order valence-corrected chi connectivity index (χ3v) is 3.34. The topological polar surface area (TPSA) is 46.6 Å². The second-order valence-corrected chi connectivity index (χ2v) is 4.62. The largest absolute Gasteiger partial charge is 0.385 e. The minimum absolute atomic E-state index is 0.440. The highest BCUT2D eigenvalue weighted by atomic mass is 79.9. The molecule has 0 bridgehead atoms. The lowest BCUT2D eigenvalue weighted by Crippen LogP contribution is -2.31. The van der Waals surface area contributed by atoms with Gasteiger partial charge in [-0.3, -0.25) is 9.59 Å². The van der Waals surface area contributed by atoms with E-state index in [4.69, 9.17) is 4.74 Å². The standard InChI is InChI=1S/C12H12BrNO3/c1-17-7-3-6-14-9-5-2-4-8(13)10(9)11(15)12(14)16/h2,4-5H,3,6-7H2,1H3. The van der Waals surface area contributed by atoms with Crippen molar-refractivity contribution in [2.45, 2.75) is 6.42 Å². The van der Waals surface area contributed by atoms with Crippen molar-refractivity contribution in [2.24, 2.45) is 0 Å². The first kappa shape index (κ1) is 12.3. The Balaban J connectivity index is 2.29. The molecule has 90 valence electrons. The number of hydrogen-bond donors (Lipinski definition) is 0. The highest BCUT2D eigenvalue weighted by Crippen LogP contribution is 2.34. The predicted molar refractivity (Wildman–Crippen MR) is 67.3 cm³/mol. The molecule has 1 aliphatic heterocycles. The van der Waals surface area contributed by atoms with Gasteiger partial charge in [0, 0.05) is 24.7 Å². The summed E-state index contributed by atoms with van der Waals surface area (Å²) in [6.07, 6.45) is 0.710. The van der Waals surface area contributed by atoms with Crippen LogP contribution in [-0.4, -0.2) is 32.0 Å². The van der Waals surface area contributed by atoms with Crippen LogP contribution in [0.2, 0.25) is 0 Å². The fourth-order valence-corrected chi connectivity index (χ4v) is 2.43. The van der Waals surface area contributed by atoms with Gasteiger partial charge in [-0.05, 0) is 34.5 Å². The van der Waals surface area contributed by atoms with E-state index in [2.05, 4.69) is 15.9 Å². The van der Waals surface area contributed by atoms with Gasteiger partial charge in [-0.25, -0.2) is 0 Å². The number of anilines is 1. The molecule has 4 nitrogen and oxygen atoms in total. The number of nitrogens with zero attached hydrogens (tertiary/aromatic N) is 1. The molecule has 0 saturated heterocycles. The average Bonchev–Trinajstić information content (AvgIpc) is 2.55. The van der Waals surface area contributed by atoms with Gasteiger partial charge >= 0.3 is 0 Å². The Morgan fingerprint density at radius 2 is 2.12 bits per heavy atom. The van der Waals surface area contributed by atoms with Gasteiger partial charge in [0.2, 0.25) is 0 Å². The maximum Gasteiger partial charge on any atom is 0.299 e. The predicted octanol–water partition coefficient (Wildman–Crippen LogP) is 2.01. The Morgan fingerprint density at radius 3 is 2.82 bits per heavy atom. The molecule has 0 aliphatic carbocycles. The molecule has 0 fully saturated rings. The summed E-state index contributed by atoms with van der Waals surface area (Å²) < 4.78 is 5.61. The minimum Gasteiger partial charge on any atom is -0.385 e. The number of benzene rings is 1. The van der Waals surface area contributed by atoms with Crippen LogP contribution >= 0.6 is 15.9 Å². The molecule has 0 aromatic heterocycles. The Bertz CT molecular complexity index is 473. The van der Waals surface area contributed by atoms with Gasteiger partial charge in [-0.1, -0.05) is 6.07 Å². The molecule has 2 rings (SSSR count). The zero-order chi connectivity index (χ0) is 12.4. The molecule has 1 aromatic rings. The van der Waals surface area contributed by atoms with Crippen molar-refractivity contribution in [3.8, 4) is 0 Å². The van der Waals surface area contributed by atoms with E-state index in [1.807, 2.05) is 6.07 Å². The number of amides is 1. The van der Waals surface area contributed by atoms with E-state index in [1.165, 1.54) is 4.90 Å². The van der Waals surface area contributed by atoms with Crippen LogP contribution in [0.5, 0.6) is 0 Å². The first-order valence-electron chi connectivity index (χ1n) is 5.30. The van der Waals surface area contributed by atoms with Crippen LogP contribution in [0.1, 0.15) is 16.8 Å². The average molecular weight is 298 g/mol. The maximum absolute atomic E-state index is 11.8. The smallest absolute Gasteiger partial charge is 0.299 e. The Kier molecular flexibility index (Phi) is 3.59. The summed E-state index contributed by atoms with van der Waals surface area (Å²) in [5.74, 6) is -0.895. The second kappa shape index (κ2) is 4.98. The molecule has 1 aliphatic rings. The quantitative estimate of drug-likeness (QED) is 0.631. The van der Waals surface area contributed by atoms with Crippen molar-refractivity contribution in [3.05, 3.63) is 28.2 Å². The van der Waals surface area contributed by atoms with Crippen LogP contribution in [0.4, 0.5) is 5.69 Å². The van der Waals surface area contributed by atoms with Gasteiger partial charge in [0.05, 0.1) is 11.3 Å². The molecule has 0 unspecified atom stereocenters. The van der Waals surface area contributed by atoms with Crippen molar-refractivity contribution in [2.75, 3.05) is 25.2 Å². The molecule has 1 heterocycles. The fraction of sp³-hybridized carbons (Fsp3) is 0.333. The second-order valence-electron chi connectivity index (χ2n) is 3.77. The summed E-state index contributed by atoms with van der Waals surface area (Å²) in [5, 5.41) is 0.